The summed E-state index contributed by atoms with van der Waals surface area (Å²) in [7, 11) is -1.54. The first-order valence-corrected chi connectivity index (χ1v) is 8.98. The largest absolute Gasteiger partial charge is 0.399 e. The van der Waals surface area contributed by atoms with Crippen LogP contribution in [0.2, 0.25) is 0 Å². The summed E-state index contributed by atoms with van der Waals surface area (Å²) >= 11 is 12.8. The highest BCUT2D eigenvalue weighted by atomic mass is 35.5. The fourth-order valence-corrected chi connectivity index (χ4v) is 6.84. The Morgan fingerprint density at radius 2 is 2.10 bits per heavy atom. The highest BCUT2D eigenvalue weighted by molar-refractivity contribution is 8.33. The number of nitrogens with two attached hydrogens (primary N) is 1. The van der Waals surface area contributed by atoms with Crippen LogP contribution in [0.5, 0.6) is 0 Å². The second-order valence-electron chi connectivity index (χ2n) is 4.79. The average molecular weight is 324 g/mol. The molecule has 3 rings (SSSR count). The second-order valence-corrected chi connectivity index (χ2v) is 8.58. The average Bonchev–Trinajstić information content (AvgIpc) is 2.49. The van der Waals surface area contributed by atoms with Gasteiger partial charge >= 0.3 is 0 Å². The normalized spacial score (nSPS) is 28.0. The minimum atomic E-state index is -1.54. The molecule has 0 radical (unpaired) electrons. The van der Waals surface area contributed by atoms with Crippen LogP contribution in [0.25, 0.3) is 0 Å². The van der Waals surface area contributed by atoms with Crippen molar-refractivity contribution < 1.29 is 0 Å². The minimum absolute atomic E-state index is 0.178. The summed E-state index contributed by atoms with van der Waals surface area (Å²) in [5.74, 6) is 0. The van der Waals surface area contributed by atoms with Gasteiger partial charge in [-0.2, -0.15) is 0 Å². The van der Waals surface area contributed by atoms with Gasteiger partial charge in [-0.05, 0) is 35.6 Å². The SMILES string of the molecule is NC1=CC(=S2(=CCl)C=CCc3ccccc32)C(Cl)C=C1. The van der Waals surface area contributed by atoms with Crippen molar-refractivity contribution in [1.82, 2.24) is 0 Å². The fourth-order valence-electron chi connectivity index (χ4n) is 2.60. The third-order valence-electron chi connectivity index (χ3n) is 3.55. The molecule has 0 amide bonds. The van der Waals surface area contributed by atoms with Gasteiger partial charge in [0, 0.05) is 20.3 Å². The molecule has 0 saturated carbocycles. The van der Waals surface area contributed by atoms with Gasteiger partial charge in [-0.25, -0.2) is 0 Å². The summed E-state index contributed by atoms with van der Waals surface area (Å²) in [5.41, 5.74) is 7.98. The molecule has 1 heterocycles. The lowest BCUT2D eigenvalue weighted by atomic mass is 10.1. The van der Waals surface area contributed by atoms with Crippen molar-refractivity contribution in [2.24, 2.45) is 5.73 Å². The minimum Gasteiger partial charge on any atom is -0.399 e. The molecule has 4 heteroatoms. The molecule has 104 valence electrons. The number of rotatable bonds is 0. The maximum absolute atomic E-state index is 6.50. The Kier molecular flexibility index (Phi) is 3.72. The molecular weight excluding hydrogens is 309 g/mol. The van der Waals surface area contributed by atoms with Crippen LogP contribution < -0.4 is 5.73 Å². The molecule has 0 fully saturated rings. The second kappa shape index (κ2) is 5.36. The van der Waals surface area contributed by atoms with E-state index < -0.39 is 9.21 Å². The zero-order valence-corrected chi connectivity index (χ0v) is 13.1. The van der Waals surface area contributed by atoms with Gasteiger partial charge in [0.15, 0.2) is 0 Å². The Labute approximate surface area is 129 Å². The van der Waals surface area contributed by atoms with E-state index in [-0.39, 0.29) is 5.38 Å². The summed E-state index contributed by atoms with van der Waals surface area (Å²) in [6.45, 7) is 0. The van der Waals surface area contributed by atoms with Crippen molar-refractivity contribution in [3.63, 3.8) is 0 Å². The van der Waals surface area contributed by atoms with E-state index in [4.69, 9.17) is 28.9 Å². The first kappa shape index (κ1) is 13.9. The first-order valence-electron chi connectivity index (χ1n) is 6.35. The van der Waals surface area contributed by atoms with Crippen molar-refractivity contribution in [3.05, 3.63) is 65.2 Å². The van der Waals surface area contributed by atoms with Gasteiger partial charge in [-0.1, -0.05) is 42.0 Å². The molecule has 0 saturated heterocycles. The van der Waals surface area contributed by atoms with E-state index in [0.29, 0.717) is 0 Å². The molecule has 20 heavy (non-hydrogen) atoms. The highest BCUT2D eigenvalue weighted by Gasteiger charge is 2.22. The van der Waals surface area contributed by atoms with Crippen LogP contribution in [0, 0.1) is 0 Å². The van der Waals surface area contributed by atoms with Gasteiger partial charge in [0.25, 0.3) is 0 Å². The van der Waals surface area contributed by atoms with Gasteiger partial charge in [0.2, 0.25) is 0 Å². The zero-order valence-electron chi connectivity index (χ0n) is 10.8. The molecule has 1 aliphatic heterocycles. The van der Waals surface area contributed by atoms with Gasteiger partial charge in [-0.15, -0.1) is 20.8 Å². The van der Waals surface area contributed by atoms with Crippen LogP contribution in [0.4, 0.5) is 0 Å². The Morgan fingerprint density at radius 3 is 2.90 bits per heavy atom. The molecule has 2 atom stereocenters. The van der Waals surface area contributed by atoms with Crippen LogP contribution in [-0.2, 0) is 6.42 Å². The lowest BCUT2D eigenvalue weighted by molar-refractivity contribution is 1.17. The van der Waals surface area contributed by atoms with Crippen molar-refractivity contribution in [2.45, 2.75) is 16.7 Å². The number of benzene rings is 1. The quantitative estimate of drug-likeness (QED) is 0.434. The molecule has 2 N–H and O–H groups in total. The third kappa shape index (κ3) is 2.12. The monoisotopic (exact) mass is 323 g/mol. The third-order valence-corrected chi connectivity index (χ3v) is 8.09. The Morgan fingerprint density at radius 1 is 1.30 bits per heavy atom. The number of fused-ring (bicyclic) bond motifs is 1. The molecular formula is C16H15Cl2NS. The maximum Gasteiger partial charge on any atom is 0.0823 e. The molecule has 2 aliphatic rings. The first-order chi connectivity index (χ1) is 9.67. The van der Waals surface area contributed by atoms with Gasteiger partial charge in [0.05, 0.1) is 5.38 Å². The molecule has 0 bridgehead atoms. The molecule has 0 spiro atoms. The fraction of sp³-hybridized carbons (Fsp3) is 0.125. The van der Waals surface area contributed by atoms with E-state index >= 15 is 0 Å². The summed E-state index contributed by atoms with van der Waals surface area (Å²) < 4.78 is 0. The molecule has 1 aliphatic carbocycles. The van der Waals surface area contributed by atoms with Crippen molar-refractivity contribution in [1.29, 1.82) is 0 Å². The molecule has 0 aromatic heterocycles. The highest BCUT2D eigenvalue weighted by Crippen LogP contribution is 2.46. The van der Waals surface area contributed by atoms with Crippen LogP contribution in [0.3, 0.4) is 0 Å². The number of alkyl halides is 1. The summed E-state index contributed by atoms with van der Waals surface area (Å²) in [6, 6.07) is 8.41. The molecule has 1 aromatic carbocycles. The smallest absolute Gasteiger partial charge is 0.0823 e. The predicted molar refractivity (Wildman–Crippen MR) is 93.1 cm³/mol. The topological polar surface area (TPSA) is 26.0 Å². The summed E-state index contributed by atoms with van der Waals surface area (Å²) in [6.07, 6.45) is 8.85. The number of hydrogen-bond acceptors (Lipinski definition) is 1. The Balaban J connectivity index is 2.42. The van der Waals surface area contributed by atoms with Crippen molar-refractivity contribution >= 4 is 42.1 Å². The van der Waals surface area contributed by atoms with Crippen LogP contribution in [0.1, 0.15) is 5.56 Å². The van der Waals surface area contributed by atoms with Crippen LogP contribution >= 0.6 is 32.4 Å². The van der Waals surface area contributed by atoms with E-state index in [1.807, 2.05) is 18.2 Å². The standard InChI is InChI=1S/C16H15Cl2NS/c17-11-20(16-10-13(19)7-8-14(16)18)9-3-5-12-4-1-2-6-15(12)20/h1-4,6-11,14H,5,19H2. The van der Waals surface area contributed by atoms with Crippen molar-refractivity contribution in [3.8, 4) is 0 Å². The van der Waals surface area contributed by atoms with Crippen LogP contribution in [-0.4, -0.2) is 15.1 Å². The Bertz CT molecular complexity index is 762. The van der Waals surface area contributed by atoms with Crippen molar-refractivity contribution in [2.75, 3.05) is 0 Å². The number of halogens is 2. The van der Waals surface area contributed by atoms with E-state index in [0.717, 1.165) is 17.0 Å². The van der Waals surface area contributed by atoms with Crippen LogP contribution in [0.15, 0.2) is 64.6 Å². The molecule has 1 aromatic rings. The summed E-state index contributed by atoms with van der Waals surface area (Å²) in [4.78, 5) is 4.12. The molecule has 1 nitrogen and oxygen atoms in total. The maximum atomic E-state index is 6.50. The zero-order chi connectivity index (χ0) is 14.2. The lowest BCUT2D eigenvalue weighted by Crippen LogP contribution is -2.18. The van der Waals surface area contributed by atoms with E-state index in [2.05, 4.69) is 35.7 Å². The Hall–Kier alpha value is -1.09. The van der Waals surface area contributed by atoms with E-state index in [9.17, 15) is 0 Å². The van der Waals surface area contributed by atoms with E-state index in [1.165, 1.54) is 10.5 Å². The van der Waals surface area contributed by atoms with E-state index in [1.54, 1.807) is 4.83 Å². The van der Waals surface area contributed by atoms with Gasteiger partial charge in [0.1, 0.15) is 0 Å². The lowest BCUT2D eigenvalue weighted by Gasteiger charge is -2.27. The van der Waals surface area contributed by atoms with Gasteiger partial charge in [-0.3, -0.25) is 0 Å². The summed E-state index contributed by atoms with van der Waals surface area (Å²) in [5, 5.41) is 2.03. The van der Waals surface area contributed by atoms with Gasteiger partial charge < -0.3 is 5.73 Å². The molecule has 2 unspecified atom stereocenters. The number of hydrogen-bond donors (Lipinski definition) is 1. The predicted octanol–water partition coefficient (Wildman–Crippen LogP) is 4.11. The number of allylic oxidation sites excluding steroid dienone is 4.